The minimum Gasteiger partial charge on any atom is -0.392 e. The van der Waals surface area contributed by atoms with Gasteiger partial charge >= 0.3 is 0 Å². The number of nitrogens with one attached hydrogen (secondary N) is 1. The van der Waals surface area contributed by atoms with E-state index < -0.39 is 5.60 Å². The molecule has 4 nitrogen and oxygen atoms in total. The van der Waals surface area contributed by atoms with Crippen molar-refractivity contribution in [2.24, 2.45) is 0 Å². The maximum absolute atomic E-state index is 10.0. The molecule has 1 saturated heterocycles. The third-order valence-electron chi connectivity index (χ3n) is 3.51. The van der Waals surface area contributed by atoms with E-state index >= 15 is 0 Å². The normalized spacial score (nSPS) is 42.0. The van der Waals surface area contributed by atoms with E-state index in [4.69, 9.17) is 4.74 Å². The van der Waals surface area contributed by atoms with E-state index in [0.29, 0.717) is 26.2 Å². The maximum Gasteiger partial charge on any atom is 0.103 e. The molecule has 0 spiro atoms. The lowest BCUT2D eigenvalue weighted by Crippen LogP contribution is -2.49. The topological polar surface area (TPSA) is 61.7 Å². The molecule has 88 valence electrons. The van der Waals surface area contributed by atoms with Crippen molar-refractivity contribution in [1.29, 1.82) is 0 Å². The van der Waals surface area contributed by atoms with Crippen LogP contribution in [0.2, 0.25) is 0 Å². The Morgan fingerprint density at radius 3 is 2.80 bits per heavy atom. The molecule has 3 atom stereocenters. The van der Waals surface area contributed by atoms with Gasteiger partial charge in [-0.05, 0) is 12.8 Å². The van der Waals surface area contributed by atoms with Gasteiger partial charge in [0, 0.05) is 25.6 Å². The van der Waals surface area contributed by atoms with Crippen LogP contribution in [0.1, 0.15) is 32.1 Å². The average Bonchev–Trinajstić information content (AvgIpc) is 2.65. The van der Waals surface area contributed by atoms with Crippen molar-refractivity contribution in [3.63, 3.8) is 0 Å². The predicted molar refractivity (Wildman–Crippen MR) is 56.7 cm³/mol. The summed E-state index contributed by atoms with van der Waals surface area (Å²) in [7, 11) is 0. The fraction of sp³-hybridized carbons (Fsp3) is 1.00. The van der Waals surface area contributed by atoms with Crippen LogP contribution in [0.15, 0.2) is 0 Å². The first kappa shape index (κ1) is 11.3. The summed E-state index contributed by atoms with van der Waals surface area (Å²) >= 11 is 0. The number of hydrogen-bond donors (Lipinski definition) is 3. The van der Waals surface area contributed by atoms with E-state index in [2.05, 4.69) is 5.32 Å². The van der Waals surface area contributed by atoms with Crippen LogP contribution in [-0.4, -0.2) is 47.7 Å². The summed E-state index contributed by atoms with van der Waals surface area (Å²) in [6.45, 7) is 1.60. The minimum atomic E-state index is -0.711. The lowest BCUT2D eigenvalue weighted by molar-refractivity contribution is 0.0141. The second-order valence-corrected chi connectivity index (χ2v) is 4.87. The molecule has 2 rings (SSSR count). The summed E-state index contributed by atoms with van der Waals surface area (Å²) in [6.07, 6.45) is 4.63. The van der Waals surface area contributed by atoms with Crippen molar-refractivity contribution in [3.8, 4) is 0 Å². The van der Waals surface area contributed by atoms with E-state index in [0.717, 1.165) is 19.3 Å². The molecule has 1 saturated carbocycles. The highest BCUT2D eigenvalue weighted by Gasteiger charge is 2.33. The standard InChI is InChI=1S/C11H21NO3/c13-10-4-2-1-3-9(10)12-7-11(14)5-6-15-8-11/h9-10,12-14H,1-8H2/t9-,10-,11?/m0/s1. The Kier molecular flexibility index (Phi) is 3.61. The Morgan fingerprint density at radius 1 is 1.33 bits per heavy atom. The van der Waals surface area contributed by atoms with Gasteiger partial charge in [0.05, 0.1) is 12.7 Å². The molecule has 1 aliphatic carbocycles. The van der Waals surface area contributed by atoms with Gasteiger partial charge in [-0.3, -0.25) is 0 Å². The molecule has 2 aliphatic rings. The van der Waals surface area contributed by atoms with Gasteiger partial charge in [-0.25, -0.2) is 0 Å². The Labute approximate surface area is 90.6 Å². The molecule has 0 amide bonds. The lowest BCUT2D eigenvalue weighted by atomic mass is 9.92. The van der Waals surface area contributed by atoms with Crippen LogP contribution in [0.3, 0.4) is 0 Å². The second kappa shape index (κ2) is 4.78. The summed E-state index contributed by atoms with van der Waals surface area (Å²) < 4.78 is 5.17. The van der Waals surface area contributed by atoms with Gasteiger partial charge in [0.25, 0.3) is 0 Å². The van der Waals surface area contributed by atoms with Crippen LogP contribution in [0, 0.1) is 0 Å². The van der Waals surface area contributed by atoms with Crippen LogP contribution >= 0.6 is 0 Å². The maximum atomic E-state index is 10.0. The van der Waals surface area contributed by atoms with Crippen molar-refractivity contribution in [1.82, 2.24) is 5.32 Å². The van der Waals surface area contributed by atoms with Crippen molar-refractivity contribution in [2.75, 3.05) is 19.8 Å². The molecule has 2 fully saturated rings. The fourth-order valence-corrected chi connectivity index (χ4v) is 2.41. The molecule has 15 heavy (non-hydrogen) atoms. The molecular weight excluding hydrogens is 194 g/mol. The molecule has 3 N–H and O–H groups in total. The monoisotopic (exact) mass is 215 g/mol. The fourth-order valence-electron chi connectivity index (χ4n) is 2.41. The highest BCUT2D eigenvalue weighted by Crippen LogP contribution is 2.21. The van der Waals surface area contributed by atoms with E-state index in [1.54, 1.807) is 0 Å². The Balaban J connectivity index is 1.76. The summed E-state index contributed by atoms with van der Waals surface area (Å²) in [5.41, 5.74) is -0.711. The lowest BCUT2D eigenvalue weighted by Gasteiger charge is -2.31. The zero-order valence-electron chi connectivity index (χ0n) is 9.11. The van der Waals surface area contributed by atoms with E-state index in [1.165, 1.54) is 6.42 Å². The van der Waals surface area contributed by atoms with E-state index in [1.807, 2.05) is 0 Å². The van der Waals surface area contributed by atoms with Crippen LogP contribution in [0.5, 0.6) is 0 Å². The average molecular weight is 215 g/mol. The first-order valence-electron chi connectivity index (χ1n) is 5.91. The van der Waals surface area contributed by atoms with Gasteiger partial charge in [-0.1, -0.05) is 12.8 Å². The van der Waals surface area contributed by atoms with E-state index in [9.17, 15) is 10.2 Å². The minimum absolute atomic E-state index is 0.156. The quantitative estimate of drug-likeness (QED) is 0.621. The van der Waals surface area contributed by atoms with Gasteiger partial charge in [-0.15, -0.1) is 0 Å². The number of aliphatic hydroxyl groups excluding tert-OH is 1. The molecule has 1 aliphatic heterocycles. The van der Waals surface area contributed by atoms with Gasteiger partial charge in [0.2, 0.25) is 0 Å². The molecule has 1 unspecified atom stereocenters. The molecule has 4 heteroatoms. The Bertz CT molecular complexity index is 204. The first-order chi connectivity index (χ1) is 7.20. The van der Waals surface area contributed by atoms with Crippen LogP contribution in [0.4, 0.5) is 0 Å². The van der Waals surface area contributed by atoms with E-state index in [-0.39, 0.29) is 12.1 Å². The molecule has 0 aromatic rings. The van der Waals surface area contributed by atoms with Crippen molar-refractivity contribution in [2.45, 2.75) is 49.9 Å². The first-order valence-corrected chi connectivity index (χ1v) is 5.91. The SMILES string of the molecule is O[C@H]1CCCC[C@@H]1NCC1(O)CCOC1. The molecule has 0 aromatic heterocycles. The second-order valence-electron chi connectivity index (χ2n) is 4.87. The van der Waals surface area contributed by atoms with Crippen molar-refractivity contribution in [3.05, 3.63) is 0 Å². The van der Waals surface area contributed by atoms with Gasteiger partial charge in [0.15, 0.2) is 0 Å². The third kappa shape index (κ3) is 2.91. The highest BCUT2D eigenvalue weighted by atomic mass is 16.5. The summed E-state index contributed by atoms with van der Waals surface area (Å²) in [4.78, 5) is 0. The van der Waals surface area contributed by atoms with Crippen LogP contribution in [0.25, 0.3) is 0 Å². The Hall–Kier alpha value is -0.160. The summed E-state index contributed by atoms with van der Waals surface area (Å²) in [6, 6.07) is 0.156. The van der Waals surface area contributed by atoms with Crippen molar-refractivity contribution >= 4 is 0 Å². The van der Waals surface area contributed by atoms with Crippen LogP contribution < -0.4 is 5.32 Å². The summed E-state index contributed by atoms with van der Waals surface area (Å²) in [5, 5.41) is 23.1. The van der Waals surface area contributed by atoms with Gasteiger partial charge in [-0.2, -0.15) is 0 Å². The Morgan fingerprint density at radius 2 is 2.13 bits per heavy atom. The molecule has 0 bridgehead atoms. The zero-order valence-corrected chi connectivity index (χ0v) is 9.11. The number of hydrogen-bond acceptors (Lipinski definition) is 4. The molecule has 0 aromatic carbocycles. The molecule has 0 radical (unpaired) electrons. The predicted octanol–water partition coefficient (Wildman–Crippen LogP) is 0.0309. The number of aliphatic hydroxyl groups is 2. The van der Waals surface area contributed by atoms with Crippen molar-refractivity contribution < 1.29 is 14.9 Å². The molecular formula is C11H21NO3. The number of rotatable bonds is 3. The van der Waals surface area contributed by atoms with Crippen LogP contribution in [-0.2, 0) is 4.74 Å². The molecule has 1 heterocycles. The smallest absolute Gasteiger partial charge is 0.103 e. The van der Waals surface area contributed by atoms with Gasteiger partial charge in [0.1, 0.15) is 5.60 Å². The highest BCUT2D eigenvalue weighted by molar-refractivity contribution is 4.88. The number of ether oxygens (including phenoxy) is 1. The van der Waals surface area contributed by atoms with Gasteiger partial charge < -0.3 is 20.3 Å². The largest absolute Gasteiger partial charge is 0.392 e. The summed E-state index contributed by atoms with van der Waals surface area (Å²) in [5.74, 6) is 0. The zero-order chi connectivity index (χ0) is 10.7. The third-order valence-corrected chi connectivity index (χ3v) is 3.51.